The van der Waals surface area contributed by atoms with Gasteiger partial charge in [-0.25, -0.2) is 0 Å². The van der Waals surface area contributed by atoms with Gasteiger partial charge >= 0.3 is 0 Å². The normalized spacial score (nSPS) is 19.0. The highest BCUT2D eigenvalue weighted by molar-refractivity contribution is 6.30. The van der Waals surface area contributed by atoms with Gasteiger partial charge < -0.3 is 4.74 Å². The molecule has 0 amide bonds. The van der Waals surface area contributed by atoms with Gasteiger partial charge in [0.05, 0.1) is 13.2 Å². The van der Waals surface area contributed by atoms with E-state index in [0.29, 0.717) is 5.88 Å². The molecule has 1 aromatic rings. The molecule has 0 bridgehead atoms. The first-order chi connectivity index (χ1) is 6.77. The van der Waals surface area contributed by atoms with E-state index in [9.17, 15) is 0 Å². The number of ether oxygens (including phenoxy) is 1. The molecular weight excluding hydrogens is 219 g/mol. The molecule has 0 atom stereocenters. The maximum Gasteiger partial charge on any atom is 0.0586 e. The Labute approximate surface area is 94.0 Å². The van der Waals surface area contributed by atoms with Gasteiger partial charge in [-0.1, -0.05) is 23.7 Å². The fourth-order valence-electron chi connectivity index (χ4n) is 1.80. The van der Waals surface area contributed by atoms with E-state index >= 15 is 0 Å². The molecule has 1 saturated heterocycles. The van der Waals surface area contributed by atoms with Crippen molar-refractivity contribution in [1.29, 1.82) is 0 Å². The van der Waals surface area contributed by atoms with Gasteiger partial charge in [0.2, 0.25) is 0 Å². The fourth-order valence-corrected chi connectivity index (χ4v) is 2.36. The Kier molecular flexibility index (Phi) is 3.01. The van der Waals surface area contributed by atoms with Crippen molar-refractivity contribution in [2.24, 2.45) is 0 Å². The van der Waals surface area contributed by atoms with E-state index < -0.39 is 0 Å². The van der Waals surface area contributed by atoms with E-state index in [4.69, 9.17) is 27.9 Å². The van der Waals surface area contributed by atoms with Crippen LogP contribution in [0.1, 0.15) is 12.0 Å². The summed E-state index contributed by atoms with van der Waals surface area (Å²) in [5.41, 5.74) is 1.36. The minimum absolute atomic E-state index is 0.118. The molecule has 76 valence electrons. The molecule has 2 rings (SSSR count). The predicted octanol–water partition coefficient (Wildman–Crippen LogP) is 3.24. The molecular formula is C11H12Cl2O. The molecule has 1 aromatic carbocycles. The van der Waals surface area contributed by atoms with Crippen LogP contribution >= 0.6 is 23.2 Å². The van der Waals surface area contributed by atoms with Crippen LogP contribution in [0.25, 0.3) is 0 Å². The average molecular weight is 231 g/mol. The third-order valence-electron chi connectivity index (χ3n) is 2.77. The van der Waals surface area contributed by atoms with Crippen molar-refractivity contribution in [2.75, 3.05) is 19.1 Å². The lowest BCUT2D eigenvalue weighted by Gasteiger charge is -2.41. The lowest BCUT2D eigenvalue weighted by Crippen LogP contribution is -2.47. The third-order valence-corrected chi connectivity index (χ3v) is 3.19. The van der Waals surface area contributed by atoms with Gasteiger partial charge in [-0.05, 0) is 24.1 Å². The number of hydrogen-bond donors (Lipinski definition) is 0. The second-order valence-corrected chi connectivity index (χ2v) is 4.54. The van der Waals surface area contributed by atoms with Crippen molar-refractivity contribution in [3.8, 4) is 0 Å². The topological polar surface area (TPSA) is 9.23 Å². The summed E-state index contributed by atoms with van der Waals surface area (Å²) in [5, 5.41) is 0.781. The molecule has 1 heterocycles. The first kappa shape index (κ1) is 10.3. The van der Waals surface area contributed by atoms with Crippen LogP contribution in [-0.4, -0.2) is 19.1 Å². The number of alkyl halides is 1. The standard InChI is InChI=1S/C11H12Cl2O/c12-5-4-11(7-14-8-11)9-2-1-3-10(13)6-9/h1-3,6H,4-5,7-8H2. The highest BCUT2D eigenvalue weighted by atomic mass is 35.5. The van der Waals surface area contributed by atoms with E-state index in [1.165, 1.54) is 5.56 Å². The molecule has 1 aliphatic heterocycles. The average Bonchev–Trinajstić information content (AvgIpc) is 2.11. The van der Waals surface area contributed by atoms with Crippen LogP contribution in [0.15, 0.2) is 24.3 Å². The molecule has 0 N–H and O–H groups in total. The number of benzene rings is 1. The van der Waals surface area contributed by atoms with Gasteiger partial charge in [-0.15, -0.1) is 11.6 Å². The molecule has 0 aromatic heterocycles. The molecule has 0 aliphatic carbocycles. The molecule has 0 spiro atoms. The van der Waals surface area contributed by atoms with Crippen molar-refractivity contribution in [3.05, 3.63) is 34.9 Å². The van der Waals surface area contributed by atoms with Crippen LogP contribution in [-0.2, 0) is 10.2 Å². The van der Waals surface area contributed by atoms with Crippen LogP contribution in [0.4, 0.5) is 0 Å². The zero-order valence-corrected chi connectivity index (χ0v) is 9.31. The summed E-state index contributed by atoms with van der Waals surface area (Å²) in [5.74, 6) is 0.663. The molecule has 0 unspecified atom stereocenters. The van der Waals surface area contributed by atoms with Gasteiger partial charge in [0.25, 0.3) is 0 Å². The summed E-state index contributed by atoms with van der Waals surface area (Å²) >= 11 is 11.8. The Morgan fingerprint density at radius 2 is 2.14 bits per heavy atom. The Morgan fingerprint density at radius 1 is 1.36 bits per heavy atom. The maximum absolute atomic E-state index is 5.96. The second-order valence-electron chi connectivity index (χ2n) is 3.72. The smallest absolute Gasteiger partial charge is 0.0586 e. The van der Waals surface area contributed by atoms with Crippen LogP contribution in [0.5, 0.6) is 0 Å². The van der Waals surface area contributed by atoms with Crippen LogP contribution < -0.4 is 0 Å². The van der Waals surface area contributed by atoms with Crippen molar-refractivity contribution < 1.29 is 4.74 Å². The van der Waals surface area contributed by atoms with E-state index in [0.717, 1.165) is 24.7 Å². The third kappa shape index (κ3) is 1.77. The van der Waals surface area contributed by atoms with Crippen molar-refractivity contribution in [3.63, 3.8) is 0 Å². The van der Waals surface area contributed by atoms with Crippen molar-refractivity contribution in [2.45, 2.75) is 11.8 Å². The Balaban J connectivity index is 2.27. The van der Waals surface area contributed by atoms with Crippen molar-refractivity contribution >= 4 is 23.2 Å². The molecule has 14 heavy (non-hydrogen) atoms. The summed E-state index contributed by atoms with van der Waals surface area (Å²) in [6, 6.07) is 7.97. The minimum Gasteiger partial charge on any atom is -0.379 e. The summed E-state index contributed by atoms with van der Waals surface area (Å²) < 4.78 is 5.28. The largest absolute Gasteiger partial charge is 0.379 e. The lowest BCUT2D eigenvalue weighted by atomic mass is 9.76. The van der Waals surface area contributed by atoms with Crippen LogP contribution in [0.3, 0.4) is 0 Å². The van der Waals surface area contributed by atoms with Crippen molar-refractivity contribution in [1.82, 2.24) is 0 Å². The minimum atomic E-state index is 0.118. The quantitative estimate of drug-likeness (QED) is 0.725. The maximum atomic E-state index is 5.96. The fraction of sp³-hybridized carbons (Fsp3) is 0.455. The van der Waals surface area contributed by atoms with Gasteiger partial charge in [-0.2, -0.15) is 0 Å². The van der Waals surface area contributed by atoms with E-state index in [1.54, 1.807) is 0 Å². The van der Waals surface area contributed by atoms with E-state index in [1.807, 2.05) is 18.2 Å². The highest BCUT2D eigenvalue weighted by Crippen LogP contribution is 2.36. The Morgan fingerprint density at radius 3 is 2.64 bits per heavy atom. The molecule has 3 heteroatoms. The number of halogens is 2. The molecule has 1 aliphatic rings. The molecule has 0 saturated carbocycles. The van der Waals surface area contributed by atoms with E-state index in [2.05, 4.69) is 6.07 Å². The van der Waals surface area contributed by atoms with E-state index in [-0.39, 0.29) is 5.41 Å². The van der Waals surface area contributed by atoms with Gasteiger partial charge in [0, 0.05) is 16.3 Å². The molecule has 1 nitrogen and oxygen atoms in total. The Bertz CT molecular complexity index is 321. The summed E-state index contributed by atoms with van der Waals surface area (Å²) in [7, 11) is 0. The van der Waals surface area contributed by atoms with Gasteiger partial charge in [-0.3, -0.25) is 0 Å². The van der Waals surface area contributed by atoms with Gasteiger partial charge in [0.1, 0.15) is 0 Å². The Hall–Kier alpha value is -0.240. The summed E-state index contributed by atoms with van der Waals surface area (Å²) in [6.07, 6.45) is 0.953. The SMILES string of the molecule is ClCCC1(c2cccc(Cl)c2)COC1. The van der Waals surface area contributed by atoms with Crippen LogP contribution in [0.2, 0.25) is 5.02 Å². The lowest BCUT2D eigenvalue weighted by molar-refractivity contribution is -0.0615. The number of rotatable bonds is 3. The molecule has 0 radical (unpaired) electrons. The zero-order chi connectivity index (χ0) is 10.0. The summed E-state index contributed by atoms with van der Waals surface area (Å²) in [4.78, 5) is 0. The summed E-state index contributed by atoms with van der Waals surface area (Å²) in [6.45, 7) is 1.53. The first-order valence-corrected chi connectivity index (χ1v) is 5.58. The first-order valence-electron chi connectivity index (χ1n) is 4.67. The highest BCUT2D eigenvalue weighted by Gasteiger charge is 2.39. The van der Waals surface area contributed by atoms with Crippen LogP contribution in [0, 0.1) is 0 Å². The van der Waals surface area contributed by atoms with Gasteiger partial charge in [0.15, 0.2) is 0 Å². The zero-order valence-electron chi connectivity index (χ0n) is 7.80. The monoisotopic (exact) mass is 230 g/mol. The molecule has 1 fully saturated rings. The second kappa shape index (κ2) is 4.09. The predicted molar refractivity (Wildman–Crippen MR) is 59.3 cm³/mol. The number of hydrogen-bond acceptors (Lipinski definition) is 1.